The van der Waals surface area contributed by atoms with E-state index in [-0.39, 0.29) is 16.8 Å². The number of likely N-dealkylation sites (N-methyl/N-ethyl adjacent to an activating group) is 1. The Kier molecular flexibility index (Phi) is 5.59. The lowest BCUT2D eigenvalue weighted by Crippen LogP contribution is -2.39. The van der Waals surface area contributed by atoms with Crippen molar-refractivity contribution < 1.29 is 4.79 Å². The van der Waals surface area contributed by atoms with E-state index in [4.69, 9.17) is 0 Å². The molecule has 1 saturated heterocycles. The Morgan fingerprint density at radius 2 is 1.93 bits per heavy atom. The minimum Gasteiger partial charge on any atom is -0.337 e. The topological polar surface area (TPSA) is 56.4 Å². The molecule has 0 bridgehead atoms. The summed E-state index contributed by atoms with van der Waals surface area (Å²) >= 11 is 1.19. The quantitative estimate of drug-likeness (QED) is 0.696. The fourth-order valence-corrected chi connectivity index (χ4v) is 4.64. The van der Waals surface area contributed by atoms with Gasteiger partial charge in [-0.2, -0.15) is 0 Å². The lowest BCUT2D eigenvalue weighted by molar-refractivity contribution is -0.131. The van der Waals surface area contributed by atoms with Gasteiger partial charge in [0.05, 0.1) is 22.7 Å². The molecule has 1 aliphatic rings. The molecule has 3 aromatic rings. The number of carbonyl (C=O) groups excluding carboxylic acids is 1. The van der Waals surface area contributed by atoms with Crippen LogP contribution in [-0.4, -0.2) is 47.4 Å². The Balaban J connectivity index is 1.53. The second kappa shape index (κ2) is 8.29. The monoisotopic (exact) mass is 395 g/mol. The van der Waals surface area contributed by atoms with Gasteiger partial charge in [-0.3, -0.25) is 9.59 Å². The first-order chi connectivity index (χ1) is 13.6. The largest absolute Gasteiger partial charge is 0.337 e. The first kappa shape index (κ1) is 18.9. The third-order valence-electron chi connectivity index (χ3n) is 5.51. The number of carbonyl (C=O) groups is 1. The summed E-state index contributed by atoms with van der Waals surface area (Å²) in [4.78, 5) is 31.7. The van der Waals surface area contributed by atoms with Crippen molar-refractivity contribution in [1.82, 2.24) is 14.8 Å². The van der Waals surface area contributed by atoms with Gasteiger partial charge in [0, 0.05) is 13.6 Å². The Labute approximate surface area is 168 Å². The number of likely N-dealkylation sites (tertiary alicyclic amines) is 1. The average molecular weight is 396 g/mol. The van der Waals surface area contributed by atoms with E-state index in [1.165, 1.54) is 29.7 Å². The maximum atomic E-state index is 13.1. The number of nitrogens with one attached hydrogen (secondary N) is 1. The van der Waals surface area contributed by atoms with E-state index in [9.17, 15) is 9.59 Å². The molecular formula is C22H25N3O2S. The number of thiazole rings is 1. The van der Waals surface area contributed by atoms with Crippen LogP contribution in [0.1, 0.15) is 30.0 Å². The molecule has 1 aromatic heterocycles. The van der Waals surface area contributed by atoms with Gasteiger partial charge in [0.2, 0.25) is 5.91 Å². The van der Waals surface area contributed by atoms with Crippen LogP contribution in [0.25, 0.3) is 10.2 Å². The van der Waals surface area contributed by atoms with Crippen LogP contribution < -0.4 is 4.87 Å². The van der Waals surface area contributed by atoms with Crippen LogP contribution in [0.4, 0.5) is 0 Å². The van der Waals surface area contributed by atoms with Crippen molar-refractivity contribution in [3.63, 3.8) is 0 Å². The van der Waals surface area contributed by atoms with E-state index < -0.39 is 0 Å². The van der Waals surface area contributed by atoms with Crippen molar-refractivity contribution >= 4 is 27.5 Å². The number of aromatic nitrogens is 1. The van der Waals surface area contributed by atoms with E-state index in [0.29, 0.717) is 6.42 Å². The minimum atomic E-state index is -0.0645. The smallest absolute Gasteiger partial charge is 0.305 e. The van der Waals surface area contributed by atoms with Crippen LogP contribution >= 0.6 is 11.3 Å². The van der Waals surface area contributed by atoms with Crippen LogP contribution in [-0.2, 0) is 11.2 Å². The highest BCUT2D eigenvalue weighted by Gasteiger charge is 2.25. The molecule has 1 amide bonds. The Morgan fingerprint density at radius 1 is 1.18 bits per heavy atom. The molecular weight excluding hydrogens is 370 g/mol. The molecule has 2 aromatic carbocycles. The zero-order valence-corrected chi connectivity index (χ0v) is 16.9. The fraction of sp³-hybridized carbons (Fsp3) is 0.364. The molecule has 1 aliphatic heterocycles. The highest BCUT2D eigenvalue weighted by molar-refractivity contribution is 7.16. The van der Waals surface area contributed by atoms with Gasteiger partial charge in [-0.25, -0.2) is 0 Å². The second-order valence-corrected chi connectivity index (χ2v) is 8.48. The Bertz CT molecular complexity index is 1010. The van der Waals surface area contributed by atoms with E-state index in [0.717, 1.165) is 35.4 Å². The summed E-state index contributed by atoms with van der Waals surface area (Å²) < 4.78 is 0.922. The number of rotatable bonds is 6. The van der Waals surface area contributed by atoms with Gasteiger partial charge in [-0.1, -0.05) is 47.7 Å². The second-order valence-electron chi connectivity index (χ2n) is 7.46. The molecule has 0 radical (unpaired) electrons. The van der Waals surface area contributed by atoms with Gasteiger partial charge in [0.1, 0.15) is 0 Å². The minimum absolute atomic E-state index is 0.0384. The van der Waals surface area contributed by atoms with Crippen LogP contribution in [0.2, 0.25) is 0 Å². The number of aromatic amines is 1. The van der Waals surface area contributed by atoms with Crippen molar-refractivity contribution in [2.45, 2.75) is 25.3 Å². The van der Waals surface area contributed by atoms with Crippen LogP contribution in [0.15, 0.2) is 53.3 Å². The summed E-state index contributed by atoms with van der Waals surface area (Å²) in [6.45, 7) is 3.07. The average Bonchev–Trinajstić information content (AvgIpc) is 3.34. The molecule has 1 N–H and O–H groups in total. The van der Waals surface area contributed by atoms with E-state index >= 15 is 0 Å². The van der Waals surface area contributed by atoms with Gasteiger partial charge in [0.25, 0.3) is 0 Å². The molecule has 0 aliphatic carbocycles. The van der Waals surface area contributed by atoms with E-state index in [2.05, 4.69) is 22.0 Å². The standard InChI is InChI=1S/C22H25N3O2S/c1-24(19(15-25-11-5-6-12-25)17-7-3-2-4-8-17)21(26)14-16-9-10-20-18(13-16)23-22(27)28-20/h2-4,7-10,13,19H,5-6,11-12,14-15H2,1H3,(H,23,27)/t19-/m1/s1. The summed E-state index contributed by atoms with van der Waals surface area (Å²) in [5.74, 6) is 0.0879. The third kappa shape index (κ3) is 4.18. The molecule has 0 spiro atoms. The lowest BCUT2D eigenvalue weighted by atomic mass is 10.0. The zero-order chi connectivity index (χ0) is 19.5. The van der Waals surface area contributed by atoms with Crippen molar-refractivity contribution in [2.24, 2.45) is 0 Å². The summed E-state index contributed by atoms with van der Waals surface area (Å²) in [5, 5.41) is 0. The van der Waals surface area contributed by atoms with Gasteiger partial charge in [0.15, 0.2) is 0 Å². The molecule has 1 atom stereocenters. The molecule has 0 saturated carbocycles. The lowest BCUT2D eigenvalue weighted by Gasteiger charge is -2.32. The van der Waals surface area contributed by atoms with Gasteiger partial charge < -0.3 is 14.8 Å². The number of nitrogens with zero attached hydrogens (tertiary/aromatic N) is 2. The molecule has 6 heteroatoms. The third-order valence-corrected chi connectivity index (χ3v) is 6.38. The number of benzene rings is 2. The van der Waals surface area contributed by atoms with Crippen molar-refractivity contribution in [2.75, 3.05) is 26.7 Å². The fourth-order valence-electron chi connectivity index (χ4n) is 3.92. The van der Waals surface area contributed by atoms with E-state index in [1.54, 1.807) is 0 Å². The van der Waals surface area contributed by atoms with Crippen LogP contribution in [0, 0.1) is 0 Å². The molecule has 4 rings (SSSR count). The van der Waals surface area contributed by atoms with Gasteiger partial charge in [-0.15, -0.1) is 0 Å². The van der Waals surface area contributed by atoms with Crippen LogP contribution in [0.5, 0.6) is 0 Å². The summed E-state index contributed by atoms with van der Waals surface area (Å²) in [5.41, 5.74) is 2.90. The number of H-pyrrole nitrogens is 1. The van der Waals surface area contributed by atoms with Gasteiger partial charge in [-0.05, 0) is 49.2 Å². The van der Waals surface area contributed by atoms with E-state index in [1.807, 2.05) is 48.3 Å². The molecule has 146 valence electrons. The number of hydrogen-bond acceptors (Lipinski definition) is 4. The number of hydrogen-bond donors (Lipinski definition) is 1. The Hall–Kier alpha value is -2.44. The van der Waals surface area contributed by atoms with Gasteiger partial charge >= 0.3 is 4.87 Å². The van der Waals surface area contributed by atoms with Crippen molar-refractivity contribution in [1.29, 1.82) is 0 Å². The highest BCUT2D eigenvalue weighted by Crippen LogP contribution is 2.24. The molecule has 28 heavy (non-hydrogen) atoms. The predicted molar refractivity (Wildman–Crippen MR) is 114 cm³/mol. The van der Waals surface area contributed by atoms with Crippen molar-refractivity contribution in [3.05, 3.63) is 69.3 Å². The highest BCUT2D eigenvalue weighted by atomic mass is 32.1. The molecule has 0 unspecified atom stereocenters. The maximum absolute atomic E-state index is 13.1. The first-order valence-corrected chi connectivity index (χ1v) is 10.6. The summed E-state index contributed by atoms with van der Waals surface area (Å²) in [6.07, 6.45) is 2.80. The zero-order valence-electron chi connectivity index (χ0n) is 16.1. The van der Waals surface area contributed by atoms with Crippen LogP contribution in [0.3, 0.4) is 0 Å². The number of fused-ring (bicyclic) bond motifs is 1. The maximum Gasteiger partial charge on any atom is 0.305 e. The molecule has 2 heterocycles. The Morgan fingerprint density at radius 3 is 2.68 bits per heavy atom. The SMILES string of the molecule is CN(C(=O)Cc1ccc2sc(=O)[nH]c2c1)[C@H](CN1CCCC1)c1ccccc1. The van der Waals surface area contributed by atoms with Crippen molar-refractivity contribution in [3.8, 4) is 0 Å². The normalized spacial score (nSPS) is 15.8. The number of amides is 1. The molecule has 1 fully saturated rings. The summed E-state index contributed by atoms with van der Waals surface area (Å²) in [6, 6.07) is 16.1. The molecule has 5 nitrogen and oxygen atoms in total. The first-order valence-electron chi connectivity index (χ1n) is 9.75. The predicted octanol–water partition coefficient (Wildman–Crippen LogP) is 3.43. The summed E-state index contributed by atoms with van der Waals surface area (Å²) in [7, 11) is 1.90.